The third kappa shape index (κ3) is 5.81. The van der Waals surface area contributed by atoms with Crippen LogP contribution in [-0.2, 0) is 4.79 Å². The average Bonchev–Trinajstić information content (AvgIpc) is 3.55. The second-order valence-corrected chi connectivity index (χ2v) is 8.67. The minimum Gasteiger partial charge on any atom is -0.359 e. The molecule has 3 N–H and O–H groups in total. The van der Waals surface area contributed by atoms with E-state index in [1.807, 2.05) is 18.3 Å². The van der Waals surface area contributed by atoms with E-state index < -0.39 is 0 Å². The Morgan fingerprint density at radius 3 is 2.79 bits per heavy atom. The van der Waals surface area contributed by atoms with Crippen LogP contribution in [0.15, 0.2) is 54.6 Å². The third-order valence-corrected chi connectivity index (χ3v) is 6.29. The lowest BCUT2D eigenvalue weighted by atomic mass is 10.1. The normalized spacial score (nSPS) is 11.9. The molecule has 0 aliphatic carbocycles. The number of nitrogens with zero attached hydrogens (tertiary/aromatic N) is 3. The first-order valence-corrected chi connectivity index (χ1v) is 11.8. The van der Waals surface area contributed by atoms with Crippen molar-refractivity contribution < 1.29 is 9.59 Å². The lowest BCUT2D eigenvalue weighted by Crippen LogP contribution is -2.28. The number of nitrogens with one attached hydrogen (secondary N) is 3. The van der Waals surface area contributed by atoms with Crippen molar-refractivity contribution in [3.63, 3.8) is 0 Å². The Morgan fingerprint density at radius 2 is 1.97 bits per heavy atom. The molecule has 1 unspecified atom stereocenters. The highest BCUT2D eigenvalue weighted by Gasteiger charge is 2.20. The van der Waals surface area contributed by atoms with Crippen LogP contribution >= 0.6 is 11.3 Å². The number of carbonyl (C=O) groups excluding carboxylic acids is 2. The molecule has 2 amide bonds. The van der Waals surface area contributed by atoms with Gasteiger partial charge in [0.2, 0.25) is 5.91 Å². The molecule has 0 radical (unpaired) electrons. The van der Waals surface area contributed by atoms with Gasteiger partial charge in [-0.2, -0.15) is 0 Å². The monoisotopic (exact) mass is 462 g/mol. The molecule has 1 atom stereocenters. The summed E-state index contributed by atoms with van der Waals surface area (Å²) in [7, 11) is 1.65. The molecule has 3 heterocycles. The first kappa shape index (κ1) is 22.6. The van der Waals surface area contributed by atoms with Gasteiger partial charge in [-0.25, -0.2) is 4.98 Å². The van der Waals surface area contributed by atoms with Crippen molar-refractivity contribution in [2.24, 2.45) is 0 Å². The van der Waals surface area contributed by atoms with Crippen LogP contribution in [0.5, 0.6) is 0 Å². The van der Waals surface area contributed by atoms with Gasteiger partial charge in [0.15, 0.2) is 0 Å². The van der Waals surface area contributed by atoms with Crippen molar-refractivity contribution in [2.75, 3.05) is 7.05 Å². The number of aromatic nitrogens is 4. The molecule has 170 valence electrons. The van der Waals surface area contributed by atoms with E-state index >= 15 is 0 Å². The van der Waals surface area contributed by atoms with Crippen molar-refractivity contribution >= 4 is 33.9 Å². The molecule has 0 fully saturated rings. The standard InChI is InChI=1S/C24H26N6O2S/c1-25-22(31)6-4-2-3-5-19(30-24(32)21-14-27-15-33-21)23-28-13-20(29-23)17-8-7-16-9-10-26-12-18(16)11-17/h7-15,19H,2-6H2,1H3,(H,25,31)(H,28,29)(H,30,32). The molecule has 0 aliphatic rings. The highest BCUT2D eigenvalue weighted by Crippen LogP contribution is 2.26. The third-order valence-electron chi connectivity index (χ3n) is 5.51. The number of imidazole rings is 1. The van der Waals surface area contributed by atoms with Gasteiger partial charge in [0.1, 0.15) is 10.7 Å². The summed E-state index contributed by atoms with van der Waals surface area (Å²) in [6, 6.07) is 7.89. The van der Waals surface area contributed by atoms with Gasteiger partial charge >= 0.3 is 0 Å². The maximum absolute atomic E-state index is 12.7. The molecule has 0 saturated carbocycles. The van der Waals surface area contributed by atoms with Crippen molar-refractivity contribution in [1.82, 2.24) is 30.6 Å². The van der Waals surface area contributed by atoms with Gasteiger partial charge in [0.25, 0.3) is 5.91 Å². The van der Waals surface area contributed by atoms with E-state index in [9.17, 15) is 9.59 Å². The number of rotatable bonds is 10. The Balaban J connectivity index is 1.48. The molecule has 4 aromatic rings. The molecule has 4 rings (SSSR count). The number of thiazole rings is 1. The van der Waals surface area contributed by atoms with Gasteiger partial charge < -0.3 is 15.6 Å². The Labute approximate surface area is 195 Å². The Morgan fingerprint density at radius 1 is 1.06 bits per heavy atom. The van der Waals surface area contributed by atoms with Crippen LogP contribution in [0.1, 0.15) is 53.6 Å². The van der Waals surface area contributed by atoms with Gasteiger partial charge in [0, 0.05) is 36.8 Å². The van der Waals surface area contributed by atoms with Crippen LogP contribution in [0.4, 0.5) is 0 Å². The highest BCUT2D eigenvalue weighted by atomic mass is 32.1. The van der Waals surface area contributed by atoms with Gasteiger partial charge in [-0.3, -0.25) is 19.6 Å². The fourth-order valence-electron chi connectivity index (χ4n) is 3.68. The van der Waals surface area contributed by atoms with Crippen LogP contribution in [0.2, 0.25) is 0 Å². The number of benzene rings is 1. The van der Waals surface area contributed by atoms with Crippen LogP contribution in [0.25, 0.3) is 22.0 Å². The summed E-state index contributed by atoms with van der Waals surface area (Å²) in [5, 5.41) is 7.91. The predicted octanol–water partition coefficient (Wildman–Crippen LogP) is 4.25. The first-order valence-electron chi connectivity index (χ1n) is 10.9. The molecule has 33 heavy (non-hydrogen) atoms. The molecule has 0 saturated heterocycles. The molecule has 8 nitrogen and oxygen atoms in total. The Bertz CT molecular complexity index is 1220. The molecule has 9 heteroatoms. The maximum atomic E-state index is 12.7. The Hall–Kier alpha value is -3.59. The van der Waals surface area contributed by atoms with E-state index in [1.165, 1.54) is 11.3 Å². The van der Waals surface area contributed by atoms with Crippen molar-refractivity contribution in [3.05, 3.63) is 65.3 Å². The van der Waals surface area contributed by atoms with E-state index in [2.05, 4.69) is 42.7 Å². The summed E-state index contributed by atoms with van der Waals surface area (Å²) in [5.74, 6) is 0.592. The summed E-state index contributed by atoms with van der Waals surface area (Å²) in [4.78, 5) is 40.9. The number of aromatic amines is 1. The second-order valence-electron chi connectivity index (χ2n) is 7.78. The highest BCUT2D eigenvalue weighted by molar-refractivity contribution is 7.11. The molecule has 3 aromatic heterocycles. The molecule has 1 aromatic carbocycles. The number of pyridine rings is 1. The van der Waals surface area contributed by atoms with Gasteiger partial charge in [-0.1, -0.05) is 25.0 Å². The lowest BCUT2D eigenvalue weighted by molar-refractivity contribution is -0.120. The van der Waals surface area contributed by atoms with Crippen molar-refractivity contribution in [1.29, 1.82) is 0 Å². The Kier molecular flexibility index (Phi) is 7.41. The number of fused-ring (bicyclic) bond motifs is 1. The number of hydrogen-bond donors (Lipinski definition) is 3. The number of carbonyl (C=O) groups is 2. The maximum Gasteiger partial charge on any atom is 0.263 e. The van der Waals surface area contributed by atoms with Crippen LogP contribution in [0.3, 0.4) is 0 Å². The van der Waals surface area contributed by atoms with Crippen LogP contribution < -0.4 is 10.6 Å². The number of amides is 2. The van der Waals surface area contributed by atoms with Crippen molar-refractivity contribution in [2.45, 2.75) is 38.1 Å². The zero-order chi connectivity index (χ0) is 23.0. The summed E-state index contributed by atoms with van der Waals surface area (Å²) < 4.78 is 0. The number of hydrogen-bond acceptors (Lipinski definition) is 6. The van der Waals surface area contributed by atoms with Crippen LogP contribution in [0, 0.1) is 0 Å². The van der Waals surface area contributed by atoms with Gasteiger partial charge in [-0.05, 0) is 30.4 Å². The second kappa shape index (κ2) is 10.8. The first-order chi connectivity index (χ1) is 16.1. The fourth-order valence-corrected chi connectivity index (χ4v) is 4.21. The zero-order valence-corrected chi connectivity index (χ0v) is 19.2. The minimum absolute atomic E-state index is 0.0475. The van der Waals surface area contributed by atoms with E-state index in [4.69, 9.17) is 0 Å². The molecule has 0 aliphatic heterocycles. The SMILES string of the molecule is CNC(=O)CCCCCC(NC(=O)c1cncs1)c1ncc(-c2ccc3ccncc3c2)[nH]1. The predicted molar refractivity (Wildman–Crippen MR) is 129 cm³/mol. The van der Waals surface area contributed by atoms with E-state index in [0.717, 1.165) is 41.3 Å². The fraction of sp³-hybridized carbons (Fsp3) is 0.292. The van der Waals surface area contributed by atoms with Crippen LogP contribution in [-0.4, -0.2) is 38.8 Å². The largest absolute Gasteiger partial charge is 0.359 e. The molecule has 0 bridgehead atoms. The molecule has 0 spiro atoms. The molecular formula is C24H26N6O2S. The van der Waals surface area contributed by atoms with E-state index in [1.54, 1.807) is 31.1 Å². The lowest BCUT2D eigenvalue weighted by Gasteiger charge is -2.16. The minimum atomic E-state index is -0.268. The molecular weight excluding hydrogens is 436 g/mol. The van der Waals surface area contributed by atoms with Crippen molar-refractivity contribution in [3.8, 4) is 11.3 Å². The number of unbranched alkanes of at least 4 members (excludes halogenated alkanes) is 2. The average molecular weight is 463 g/mol. The van der Waals surface area contributed by atoms with Gasteiger partial charge in [0.05, 0.1) is 29.6 Å². The smallest absolute Gasteiger partial charge is 0.263 e. The summed E-state index contributed by atoms with van der Waals surface area (Å²) >= 11 is 1.30. The van der Waals surface area contributed by atoms with E-state index in [0.29, 0.717) is 23.5 Å². The summed E-state index contributed by atoms with van der Waals surface area (Å²) in [5.41, 5.74) is 3.53. The summed E-state index contributed by atoms with van der Waals surface area (Å²) in [6.45, 7) is 0. The quantitative estimate of drug-likeness (QED) is 0.305. The van der Waals surface area contributed by atoms with E-state index in [-0.39, 0.29) is 17.9 Å². The zero-order valence-electron chi connectivity index (χ0n) is 18.4. The summed E-state index contributed by atoms with van der Waals surface area (Å²) in [6.07, 6.45) is 10.8. The number of H-pyrrole nitrogens is 1. The van der Waals surface area contributed by atoms with Gasteiger partial charge in [-0.15, -0.1) is 11.3 Å². The topological polar surface area (TPSA) is 113 Å².